The fraction of sp³-hybridized carbons (Fsp3) is 0.310. The topological polar surface area (TPSA) is 241 Å². The average molecular weight is 609 g/mol. The van der Waals surface area contributed by atoms with Crippen molar-refractivity contribution in [3.63, 3.8) is 0 Å². The Hall–Kier alpha value is -4.32. The predicted octanol–water partition coefficient (Wildman–Crippen LogP) is -0.734. The second kappa shape index (κ2) is 10.1. The number of hydrogen-bond acceptors (Lipinski definition) is 12. The smallest absolute Gasteiger partial charge is 0.276 e. The minimum atomic E-state index is -1.65. The number of nitrogens with zero attached hydrogens (tertiary/aromatic N) is 2. The van der Waals surface area contributed by atoms with E-state index >= 15 is 0 Å². The van der Waals surface area contributed by atoms with Crippen molar-refractivity contribution in [3.8, 4) is 11.5 Å². The molecular weight excluding hydrogens is 580 g/mol. The van der Waals surface area contributed by atoms with E-state index in [4.69, 9.17) is 4.74 Å². The molecule has 2 amide bonds. The molecular formula is C29H28N4O11. The Bertz CT molecular complexity index is 2000. The van der Waals surface area contributed by atoms with E-state index in [2.05, 4.69) is 10.4 Å². The molecule has 0 bridgehead atoms. The van der Waals surface area contributed by atoms with Crippen LogP contribution in [0.1, 0.15) is 26.9 Å². The molecule has 15 heteroatoms. The number of fused-ring (bicyclic) bond motifs is 10. The Labute approximate surface area is 246 Å². The molecule has 1 saturated heterocycles. The highest BCUT2D eigenvalue weighted by Gasteiger charge is 2.49. The lowest BCUT2D eigenvalue weighted by atomic mass is 9.96. The molecule has 2 aliphatic heterocycles. The first kappa shape index (κ1) is 28.5. The number of carbonyl (C=O) groups excluding carboxylic acids is 2. The number of aliphatic hydroxyl groups is 6. The SMILES string of the molecule is O=C1c2c(c3c4ccc(O)cc4n([C@@H]4O[C@H]([C@H](O)CO)[C@H](O)[C@H]4O)c3c3[nH]c4cc(O)ccc4c23)C(=O)N1NC(CO)CO. The lowest BCUT2D eigenvalue weighted by molar-refractivity contribution is -0.0950. The molecule has 44 heavy (non-hydrogen) atoms. The van der Waals surface area contributed by atoms with Gasteiger partial charge in [-0.1, -0.05) is 0 Å². The Kier molecular flexibility index (Phi) is 6.54. The number of aromatic nitrogens is 2. The summed E-state index contributed by atoms with van der Waals surface area (Å²) in [5, 5.41) is 83.9. The Balaban J connectivity index is 1.63. The van der Waals surface area contributed by atoms with Crippen LogP contribution in [0.15, 0.2) is 36.4 Å². The van der Waals surface area contributed by atoms with Crippen molar-refractivity contribution in [2.75, 3.05) is 19.8 Å². The number of aromatic amines is 1. The zero-order valence-electron chi connectivity index (χ0n) is 22.7. The van der Waals surface area contributed by atoms with Gasteiger partial charge in [-0.05, 0) is 24.3 Å². The van der Waals surface area contributed by atoms with Crippen LogP contribution in [0, 0.1) is 0 Å². The zero-order chi connectivity index (χ0) is 31.2. The van der Waals surface area contributed by atoms with Gasteiger partial charge in [-0.3, -0.25) is 9.59 Å². The van der Waals surface area contributed by atoms with Gasteiger partial charge in [0.05, 0.1) is 59.1 Å². The summed E-state index contributed by atoms with van der Waals surface area (Å²) in [4.78, 5) is 31.2. The van der Waals surface area contributed by atoms with Crippen molar-refractivity contribution in [1.82, 2.24) is 20.0 Å². The normalized spacial score (nSPS) is 22.9. The predicted molar refractivity (Wildman–Crippen MR) is 153 cm³/mol. The van der Waals surface area contributed by atoms with Gasteiger partial charge in [0.15, 0.2) is 6.23 Å². The molecule has 5 atom stereocenters. The minimum absolute atomic E-state index is 0.00908. The number of phenols is 2. The molecule has 0 spiro atoms. The van der Waals surface area contributed by atoms with E-state index in [1.54, 1.807) is 6.07 Å². The standard InChI is InChI=1S/C29H28N4O11/c34-7-10(8-35)31-33-27(42)20-18-13-3-1-11(37)5-15(13)30-22(18)23-19(21(20)28(33)43)14-4-2-12(38)6-16(14)32(23)29-25(41)24(40)26(44-29)17(39)9-36/h1-6,10,17,24-26,29-31,34-41H,7-9H2/t17-,24-,25-,26-,29-/m1/s1. The Morgan fingerprint density at radius 1 is 0.864 bits per heavy atom. The molecule has 7 rings (SSSR count). The number of nitrogens with one attached hydrogen (secondary N) is 2. The van der Waals surface area contributed by atoms with Crippen molar-refractivity contribution in [1.29, 1.82) is 0 Å². The number of phenolic OH excluding ortho intramolecular Hbond substituents is 2. The quantitative estimate of drug-likeness (QED) is 0.103. The summed E-state index contributed by atoms with van der Waals surface area (Å²) in [5.74, 6) is -1.84. The number of amides is 2. The number of ether oxygens (including phenoxy) is 1. The minimum Gasteiger partial charge on any atom is -0.508 e. The maximum absolute atomic E-state index is 14.1. The van der Waals surface area contributed by atoms with E-state index in [0.717, 1.165) is 0 Å². The lowest BCUT2D eigenvalue weighted by Crippen LogP contribution is -2.50. The number of aromatic hydroxyl groups is 2. The molecule has 4 heterocycles. The molecule has 0 radical (unpaired) electrons. The fourth-order valence-electron chi connectivity index (χ4n) is 6.44. The molecule has 5 aromatic rings. The van der Waals surface area contributed by atoms with Gasteiger partial charge in [0.2, 0.25) is 0 Å². The molecule has 0 saturated carbocycles. The largest absolute Gasteiger partial charge is 0.508 e. The average Bonchev–Trinajstić information content (AvgIpc) is 3.70. The third kappa shape index (κ3) is 3.79. The molecule has 10 N–H and O–H groups in total. The van der Waals surface area contributed by atoms with Gasteiger partial charge in [-0.25, -0.2) is 10.4 Å². The summed E-state index contributed by atoms with van der Waals surface area (Å²) in [6.07, 6.45) is -7.63. The van der Waals surface area contributed by atoms with Crippen LogP contribution in [0.3, 0.4) is 0 Å². The second-order valence-electron chi connectivity index (χ2n) is 11.0. The number of aliphatic hydroxyl groups excluding tert-OH is 6. The first-order valence-electron chi connectivity index (χ1n) is 13.7. The molecule has 0 aliphatic carbocycles. The maximum Gasteiger partial charge on any atom is 0.276 e. The third-order valence-corrected chi connectivity index (χ3v) is 8.44. The van der Waals surface area contributed by atoms with Crippen LogP contribution >= 0.6 is 0 Å². The van der Waals surface area contributed by atoms with Crippen molar-refractivity contribution in [2.45, 2.75) is 36.7 Å². The number of benzene rings is 3. The van der Waals surface area contributed by atoms with Gasteiger partial charge in [-0.15, -0.1) is 0 Å². The highest BCUT2D eigenvalue weighted by atomic mass is 16.6. The van der Waals surface area contributed by atoms with E-state index in [0.29, 0.717) is 21.3 Å². The number of carbonyl (C=O) groups is 2. The summed E-state index contributed by atoms with van der Waals surface area (Å²) in [6, 6.07) is 7.59. The number of hydrazine groups is 1. The molecule has 15 nitrogen and oxygen atoms in total. The summed E-state index contributed by atoms with van der Waals surface area (Å²) in [6.45, 7) is -1.93. The molecule has 2 aliphatic rings. The maximum atomic E-state index is 14.1. The summed E-state index contributed by atoms with van der Waals surface area (Å²) in [5.41, 5.74) is 3.67. The zero-order valence-corrected chi connectivity index (χ0v) is 22.7. The van der Waals surface area contributed by atoms with Crippen LogP contribution in [0.5, 0.6) is 11.5 Å². The van der Waals surface area contributed by atoms with Gasteiger partial charge in [-0.2, -0.15) is 0 Å². The van der Waals surface area contributed by atoms with Crippen LogP contribution in [-0.2, 0) is 4.74 Å². The monoisotopic (exact) mass is 608 g/mol. The lowest BCUT2D eigenvalue weighted by Gasteiger charge is -2.21. The number of hydrogen-bond donors (Lipinski definition) is 10. The first-order valence-corrected chi connectivity index (χ1v) is 13.7. The van der Waals surface area contributed by atoms with Crippen molar-refractivity contribution < 1.29 is 55.2 Å². The van der Waals surface area contributed by atoms with Gasteiger partial charge < -0.3 is 55.1 Å². The third-order valence-electron chi connectivity index (χ3n) is 8.44. The number of H-pyrrole nitrogens is 1. The molecule has 2 aromatic heterocycles. The highest BCUT2D eigenvalue weighted by molar-refractivity contribution is 6.39. The molecule has 1 fully saturated rings. The van der Waals surface area contributed by atoms with Crippen molar-refractivity contribution in [3.05, 3.63) is 47.5 Å². The van der Waals surface area contributed by atoms with Crippen LogP contribution in [0.4, 0.5) is 0 Å². The molecule has 3 aromatic carbocycles. The fourth-order valence-corrected chi connectivity index (χ4v) is 6.44. The van der Waals surface area contributed by atoms with Crippen LogP contribution in [0.2, 0.25) is 0 Å². The van der Waals surface area contributed by atoms with E-state index < -0.39 is 68.3 Å². The molecule has 0 unspecified atom stereocenters. The van der Waals surface area contributed by atoms with Crippen LogP contribution in [-0.4, -0.2) is 118 Å². The van der Waals surface area contributed by atoms with Gasteiger partial charge in [0, 0.05) is 33.7 Å². The number of imide groups is 1. The summed E-state index contributed by atoms with van der Waals surface area (Å²) < 4.78 is 7.38. The van der Waals surface area contributed by atoms with Gasteiger partial charge in [0.25, 0.3) is 11.8 Å². The number of rotatable bonds is 7. The molecule has 230 valence electrons. The Morgan fingerprint density at radius 2 is 1.50 bits per heavy atom. The first-order chi connectivity index (χ1) is 21.1. The van der Waals surface area contributed by atoms with Crippen LogP contribution in [0.25, 0.3) is 43.6 Å². The van der Waals surface area contributed by atoms with E-state index in [-0.39, 0.29) is 49.9 Å². The summed E-state index contributed by atoms with van der Waals surface area (Å²) in [7, 11) is 0. The van der Waals surface area contributed by atoms with Crippen LogP contribution < -0.4 is 5.43 Å². The summed E-state index contributed by atoms with van der Waals surface area (Å²) >= 11 is 0. The second-order valence-corrected chi connectivity index (χ2v) is 11.0. The van der Waals surface area contributed by atoms with Crippen molar-refractivity contribution in [2.24, 2.45) is 0 Å². The van der Waals surface area contributed by atoms with Gasteiger partial charge in [0.1, 0.15) is 35.9 Å². The van der Waals surface area contributed by atoms with E-state index in [9.17, 15) is 50.4 Å². The van der Waals surface area contributed by atoms with Gasteiger partial charge >= 0.3 is 0 Å². The highest BCUT2D eigenvalue weighted by Crippen LogP contribution is 2.48. The van der Waals surface area contributed by atoms with E-state index in [1.165, 1.54) is 34.9 Å². The van der Waals surface area contributed by atoms with Crippen molar-refractivity contribution >= 4 is 55.4 Å². The van der Waals surface area contributed by atoms with E-state index in [1.807, 2.05) is 0 Å². The Morgan fingerprint density at radius 3 is 2.16 bits per heavy atom.